The number of amides is 1. The zero-order valence-corrected chi connectivity index (χ0v) is 10.5. The van der Waals surface area contributed by atoms with E-state index in [0.29, 0.717) is 13.2 Å². The SMILES string of the molecule is CC1(CN)COC(=O)N1c1cccc(Br)c1. The van der Waals surface area contributed by atoms with Crippen LogP contribution >= 0.6 is 15.9 Å². The van der Waals surface area contributed by atoms with Crippen molar-refractivity contribution in [2.24, 2.45) is 5.73 Å². The van der Waals surface area contributed by atoms with Gasteiger partial charge in [-0.3, -0.25) is 4.90 Å². The van der Waals surface area contributed by atoms with Gasteiger partial charge in [-0.2, -0.15) is 0 Å². The lowest BCUT2D eigenvalue weighted by Crippen LogP contribution is -2.50. The van der Waals surface area contributed by atoms with Gasteiger partial charge in [0.2, 0.25) is 0 Å². The molecule has 1 aliphatic rings. The van der Waals surface area contributed by atoms with Crippen molar-refractivity contribution in [2.75, 3.05) is 18.1 Å². The Morgan fingerprint density at radius 1 is 1.62 bits per heavy atom. The van der Waals surface area contributed by atoms with Crippen molar-refractivity contribution in [3.63, 3.8) is 0 Å². The van der Waals surface area contributed by atoms with Crippen LogP contribution in [0.5, 0.6) is 0 Å². The van der Waals surface area contributed by atoms with Gasteiger partial charge >= 0.3 is 6.09 Å². The largest absolute Gasteiger partial charge is 0.447 e. The summed E-state index contributed by atoms with van der Waals surface area (Å²) in [7, 11) is 0. The molecule has 1 aromatic rings. The highest BCUT2D eigenvalue weighted by atomic mass is 79.9. The highest BCUT2D eigenvalue weighted by molar-refractivity contribution is 9.10. The molecule has 1 atom stereocenters. The summed E-state index contributed by atoms with van der Waals surface area (Å²) in [5.74, 6) is 0. The maximum atomic E-state index is 11.7. The maximum absolute atomic E-state index is 11.7. The highest BCUT2D eigenvalue weighted by Gasteiger charge is 2.43. The fourth-order valence-corrected chi connectivity index (χ4v) is 2.14. The summed E-state index contributed by atoms with van der Waals surface area (Å²) in [4.78, 5) is 13.3. The van der Waals surface area contributed by atoms with Crippen LogP contribution in [-0.4, -0.2) is 24.8 Å². The number of anilines is 1. The number of nitrogens with two attached hydrogens (primary N) is 1. The second kappa shape index (κ2) is 4.07. The van der Waals surface area contributed by atoms with Gasteiger partial charge in [-0.1, -0.05) is 22.0 Å². The van der Waals surface area contributed by atoms with Gasteiger partial charge in [-0.25, -0.2) is 4.79 Å². The average Bonchev–Trinajstić information content (AvgIpc) is 2.56. The summed E-state index contributed by atoms with van der Waals surface area (Å²) in [5.41, 5.74) is 6.05. The molecule has 2 rings (SSSR count). The molecule has 1 aliphatic heterocycles. The third-order valence-electron chi connectivity index (χ3n) is 2.74. The van der Waals surface area contributed by atoms with E-state index in [2.05, 4.69) is 15.9 Å². The van der Waals surface area contributed by atoms with Gasteiger partial charge in [-0.05, 0) is 25.1 Å². The quantitative estimate of drug-likeness (QED) is 0.905. The fraction of sp³-hybridized carbons (Fsp3) is 0.364. The van der Waals surface area contributed by atoms with Gasteiger partial charge in [0, 0.05) is 16.7 Å². The Bertz CT molecular complexity index is 424. The van der Waals surface area contributed by atoms with Crippen molar-refractivity contribution in [2.45, 2.75) is 12.5 Å². The molecular formula is C11H13BrN2O2. The zero-order valence-electron chi connectivity index (χ0n) is 8.94. The number of hydrogen-bond donors (Lipinski definition) is 1. The average molecular weight is 285 g/mol. The van der Waals surface area contributed by atoms with E-state index < -0.39 is 5.54 Å². The molecule has 1 unspecified atom stereocenters. The van der Waals surface area contributed by atoms with E-state index in [0.717, 1.165) is 10.2 Å². The molecule has 2 N–H and O–H groups in total. The standard InChI is InChI=1S/C11H13BrN2O2/c1-11(6-13)7-16-10(15)14(11)9-4-2-3-8(12)5-9/h2-5H,6-7,13H2,1H3. The van der Waals surface area contributed by atoms with Crippen molar-refractivity contribution in [3.8, 4) is 0 Å². The molecule has 0 radical (unpaired) electrons. The second-order valence-electron chi connectivity index (χ2n) is 4.07. The van der Waals surface area contributed by atoms with Crippen LogP contribution in [0.25, 0.3) is 0 Å². The third-order valence-corrected chi connectivity index (χ3v) is 3.23. The Labute approximate surface area is 102 Å². The van der Waals surface area contributed by atoms with E-state index >= 15 is 0 Å². The first-order valence-corrected chi connectivity index (χ1v) is 5.79. The van der Waals surface area contributed by atoms with Crippen LogP contribution in [0.4, 0.5) is 10.5 Å². The van der Waals surface area contributed by atoms with Gasteiger partial charge in [0.1, 0.15) is 6.61 Å². The van der Waals surface area contributed by atoms with Crippen LogP contribution in [0, 0.1) is 0 Å². The lowest BCUT2D eigenvalue weighted by Gasteiger charge is -2.30. The number of ether oxygens (including phenoxy) is 1. The smallest absolute Gasteiger partial charge is 0.415 e. The predicted octanol–water partition coefficient (Wildman–Crippen LogP) is 2.12. The number of nitrogens with zero attached hydrogens (tertiary/aromatic N) is 1. The van der Waals surface area contributed by atoms with Crippen molar-refractivity contribution in [3.05, 3.63) is 28.7 Å². The monoisotopic (exact) mass is 284 g/mol. The molecule has 0 bridgehead atoms. The molecule has 0 aromatic heterocycles. The number of rotatable bonds is 2. The minimum atomic E-state index is -0.460. The van der Waals surface area contributed by atoms with E-state index in [-0.39, 0.29) is 6.09 Å². The van der Waals surface area contributed by atoms with E-state index in [4.69, 9.17) is 10.5 Å². The summed E-state index contributed by atoms with van der Waals surface area (Å²) in [5, 5.41) is 0. The minimum absolute atomic E-state index is 0.328. The van der Waals surface area contributed by atoms with Gasteiger partial charge < -0.3 is 10.5 Å². The molecule has 1 saturated heterocycles. The molecule has 1 heterocycles. The number of carbonyl (C=O) groups excluding carboxylic acids is 1. The predicted molar refractivity (Wildman–Crippen MR) is 65.4 cm³/mol. The van der Waals surface area contributed by atoms with Crippen LogP contribution in [-0.2, 0) is 4.74 Å². The van der Waals surface area contributed by atoms with Gasteiger partial charge in [0.05, 0.1) is 5.54 Å². The molecule has 5 heteroatoms. The number of benzene rings is 1. The topological polar surface area (TPSA) is 55.6 Å². The van der Waals surface area contributed by atoms with E-state index in [1.165, 1.54) is 0 Å². The van der Waals surface area contributed by atoms with Crippen LogP contribution in [0.1, 0.15) is 6.92 Å². The molecular weight excluding hydrogens is 272 g/mol. The van der Waals surface area contributed by atoms with Crippen molar-refractivity contribution in [1.82, 2.24) is 0 Å². The summed E-state index contributed by atoms with van der Waals surface area (Å²) in [6.45, 7) is 2.61. The lowest BCUT2D eigenvalue weighted by molar-refractivity contribution is 0.174. The number of carbonyl (C=O) groups is 1. The summed E-state index contributed by atoms with van der Waals surface area (Å²) in [6, 6.07) is 7.53. The Morgan fingerprint density at radius 3 is 3.00 bits per heavy atom. The molecule has 0 spiro atoms. The normalized spacial score (nSPS) is 24.7. The first-order valence-electron chi connectivity index (χ1n) is 4.99. The Kier molecular flexibility index (Phi) is 2.90. The van der Waals surface area contributed by atoms with Crippen molar-refractivity contribution >= 4 is 27.7 Å². The molecule has 4 nitrogen and oxygen atoms in total. The minimum Gasteiger partial charge on any atom is -0.447 e. The van der Waals surface area contributed by atoms with Crippen molar-refractivity contribution < 1.29 is 9.53 Å². The molecule has 1 amide bonds. The molecule has 1 fully saturated rings. The van der Waals surface area contributed by atoms with Crippen LogP contribution in [0.15, 0.2) is 28.7 Å². The first-order chi connectivity index (χ1) is 7.57. The molecule has 0 saturated carbocycles. The van der Waals surface area contributed by atoms with Gasteiger partial charge in [0.15, 0.2) is 0 Å². The van der Waals surface area contributed by atoms with E-state index in [1.807, 2.05) is 31.2 Å². The van der Waals surface area contributed by atoms with Crippen LogP contribution in [0.3, 0.4) is 0 Å². The number of halogens is 1. The molecule has 16 heavy (non-hydrogen) atoms. The van der Waals surface area contributed by atoms with Crippen molar-refractivity contribution in [1.29, 1.82) is 0 Å². The first kappa shape index (κ1) is 11.4. The van der Waals surface area contributed by atoms with Crippen LogP contribution < -0.4 is 10.6 Å². The summed E-state index contributed by atoms with van der Waals surface area (Å²) < 4.78 is 5.98. The fourth-order valence-electron chi connectivity index (χ4n) is 1.75. The Morgan fingerprint density at radius 2 is 2.38 bits per heavy atom. The van der Waals surface area contributed by atoms with E-state index in [1.54, 1.807) is 4.90 Å². The Hall–Kier alpha value is -1.07. The number of cyclic esters (lactones) is 1. The zero-order chi connectivity index (χ0) is 11.8. The molecule has 0 aliphatic carbocycles. The summed E-state index contributed by atoms with van der Waals surface area (Å²) >= 11 is 3.38. The summed E-state index contributed by atoms with van der Waals surface area (Å²) in [6.07, 6.45) is -0.342. The Balaban J connectivity index is 2.41. The van der Waals surface area contributed by atoms with Crippen LogP contribution in [0.2, 0.25) is 0 Å². The van der Waals surface area contributed by atoms with E-state index in [9.17, 15) is 4.79 Å². The highest BCUT2D eigenvalue weighted by Crippen LogP contribution is 2.31. The molecule has 1 aromatic carbocycles. The second-order valence-corrected chi connectivity index (χ2v) is 4.99. The maximum Gasteiger partial charge on any atom is 0.415 e. The number of hydrogen-bond acceptors (Lipinski definition) is 3. The third kappa shape index (κ3) is 1.81. The van der Waals surface area contributed by atoms with Gasteiger partial charge in [-0.15, -0.1) is 0 Å². The van der Waals surface area contributed by atoms with Gasteiger partial charge in [0.25, 0.3) is 0 Å². The lowest BCUT2D eigenvalue weighted by atomic mass is 10.0. The molecule has 86 valence electrons.